The van der Waals surface area contributed by atoms with Crippen LogP contribution in [0.5, 0.6) is 5.75 Å². The SMILES string of the molecule is O=S(=O)(Nc1cc(Cl)cc(Cl)c1)c1ccc(O)cc1. The highest BCUT2D eigenvalue weighted by molar-refractivity contribution is 7.92. The minimum absolute atomic E-state index is 0.00949. The molecule has 0 saturated heterocycles. The van der Waals surface area contributed by atoms with Gasteiger partial charge in [0.2, 0.25) is 0 Å². The third-order valence-corrected chi connectivity index (χ3v) is 4.10. The highest BCUT2D eigenvalue weighted by atomic mass is 35.5. The molecule has 0 unspecified atom stereocenters. The summed E-state index contributed by atoms with van der Waals surface area (Å²) < 4.78 is 26.5. The van der Waals surface area contributed by atoms with Gasteiger partial charge in [0, 0.05) is 10.0 Å². The molecule has 7 heteroatoms. The average molecular weight is 318 g/mol. The molecule has 0 aliphatic heterocycles. The van der Waals surface area contributed by atoms with Gasteiger partial charge in [0.05, 0.1) is 10.6 Å². The molecule has 4 nitrogen and oxygen atoms in total. The Kier molecular flexibility index (Phi) is 3.89. The fourth-order valence-electron chi connectivity index (χ4n) is 1.45. The van der Waals surface area contributed by atoms with Gasteiger partial charge in [-0.15, -0.1) is 0 Å². The summed E-state index contributed by atoms with van der Waals surface area (Å²) in [6.45, 7) is 0. The molecule has 2 aromatic rings. The second kappa shape index (κ2) is 5.28. The largest absolute Gasteiger partial charge is 0.508 e. The Morgan fingerprint density at radius 1 is 0.947 bits per heavy atom. The Hall–Kier alpha value is -1.43. The Morgan fingerprint density at radius 3 is 2.00 bits per heavy atom. The Labute approximate surface area is 120 Å². The van der Waals surface area contributed by atoms with Crippen LogP contribution < -0.4 is 4.72 Å². The summed E-state index contributed by atoms with van der Waals surface area (Å²) in [5.74, 6) is -0.00949. The van der Waals surface area contributed by atoms with E-state index in [2.05, 4.69) is 4.72 Å². The van der Waals surface area contributed by atoms with Crippen molar-refractivity contribution < 1.29 is 13.5 Å². The van der Waals surface area contributed by atoms with Crippen LogP contribution in [0.3, 0.4) is 0 Å². The van der Waals surface area contributed by atoms with Gasteiger partial charge in [-0.1, -0.05) is 23.2 Å². The van der Waals surface area contributed by atoms with Gasteiger partial charge in [-0.2, -0.15) is 0 Å². The standard InChI is InChI=1S/C12H9Cl2NO3S/c13-8-5-9(14)7-10(6-8)15-19(17,18)12-3-1-11(16)2-4-12/h1-7,15-16H. The van der Waals surface area contributed by atoms with Crippen molar-refractivity contribution in [3.05, 3.63) is 52.5 Å². The molecule has 0 bridgehead atoms. The molecule has 0 spiro atoms. The third-order valence-electron chi connectivity index (χ3n) is 2.26. The molecule has 2 rings (SSSR count). The zero-order valence-corrected chi connectivity index (χ0v) is 11.8. The number of aromatic hydroxyl groups is 1. The molecule has 0 heterocycles. The van der Waals surface area contributed by atoms with Crippen molar-refractivity contribution in [2.24, 2.45) is 0 Å². The van der Waals surface area contributed by atoms with Crippen LogP contribution in [0.25, 0.3) is 0 Å². The lowest BCUT2D eigenvalue weighted by Gasteiger charge is -2.09. The van der Waals surface area contributed by atoms with Gasteiger partial charge >= 0.3 is 0 Å². The molecule has 0 aliphatic carbocycles. The molecule has 19 heavy (non-hydrogen) atoms. The predicted molar refractivity (Wildman–Crippen MR) is 75.4 cm³/mol. The number of benzene rings is 2. The first-order valence-electron chi connectivity index (χ1n) is 5.15. The monoisotopic (exact) mass is 317 g/mol. The van der Waals surface area contributed by atoms with Crippen molar-refractivity contribution in [3.63, 3.8) is 0 Å². The Balaban J connectivity index is 2.33. The molecule has 100 valence electrons. The van der Waals surface area contributed by atoms with Crippen molar-refractivity contribution in [2.45, 2.75) is 4.90 Å². The van der Waals surface area contributed by atoms with E-state index in [1.165, 1.54) is 42.5 Å². The van der Waals surface area contributed by atoms with Crippen molar-refractivity contribution in [2.75, 3.05) is 4.72 Å². The number of hydrogen-bond acceptors (Lipinski definition) is 3. The molecule has 0 radical (unpaired) electrons. The lowest BCUT2D eigenvalue weighted by atomic mass is 10.3. The number of rotatable bonds is 3. The van der Waals surface area contributed by atoms with Gasteiger partial charge in [-0.3, -0.25) is 4.72 Å². The summed E-state index contributed by atoms with van der Waals surface area (Å²) in [5.41, 5.74) is 0.269. The summed E-state index contributed by atoms with van der Waals surface area (Å²) in [7, 11) is -3.74. The van der Waals surface area contributed by atoms with Crippen molar-refractivity contribution in [3.8, 4) is 5.75 Å². The van der Waals surface area contributed by atoms with Crippen molar-refractivity contribution in [1.82, 2.24) is 0 Å². The van der Waals surface area contributed by atoms with E-state index >= 15 is 0 Å². The molecular weight excluding hydrogens is 309 g/mol. The van der Waals surface area contributed by atoms with Gasteiger partial charge in [0.15, 0.2) is 0 Å². The molecule has 0 atom stereocenters. The van der Waals surface area contributed by atoms with Crippen LogP contribution in [0, 0.1) is 0 Å². The quantitative estimate of drug-likeness (QED) is 0.910. The van der Waals surface area contributed by atoms with E-state index in [4.69, 9.17) is 28.3 Å². The average Bonchev–Trinajstić information content (AvgIpc) is 2.27. The number of halogens is 2. The predicted octanol–water partition coefficient (Wildman–Crippen LogP) is 3.50. The number of hydrogen-bond donors (Lipinski definition) is 2. The molecule has 0 amide bonds. The molecular formula is C12H9Cl2NO3S. The van der Waals surface area contributed by atoms with E-state index in [1.54, 1.807) is 0 Å². The first-order valence-corrected chi connectivity index (χ1v) is 7.39. The lowest BCUT2D eigenvalue weighted by Crippen LogP contribution is -2.12. The zero-order chi connectivity index (χ0) is 14.0. The number of sulfonamides is 1. The van der Waals surface area contributed by atoms with Crippen LogP contribution in [0.15, 0.2) is 47.4 Å². The lowest BCUT2D eigenvalue weighted by molar-refractivity contribution is 0.475. The Morgan fingerprint density at radius 2 is 1.47 bits per heavy atom. The molecule has 0 aromatic heterocycles. The van der Waals surface area contributed by atoms with E-state index in [0.717, 1.165) is 0 Å². The van der Waals surface area contributed by atoms with Gasteiger partial charge in [-0.25, -0.2) is 8.42 Å². The fraction of sp³-hybridized carbons (Fsp3) is 0. The highest BCUT2D eigenvalue weighted by Gasteiger charge is 2.14. The maximum Gasteiger partial charge on any atom is 0.261 e. The van der Waals surface area contributed by atoms with E-state index in [9.17, 15) is 8.42 Å². The van der Waals surface area contributed by atoms with Crippen LogP contribution in [-0.2, 0) is 10.0 Å². The number of phenolic OH excluding ortho intramolecular Hbond substituents is 1. The van der Waals surface area contributed by atoms with Gasteiger partial charge in [0.25, 0.3) is 10.0 Å². The highest BCUT2D eigenvalue weighted by Crippen LogP contribution is 2.25. The van der Waals surface area contributed by atoms with E-state index in [0.29, 0.717) is 10.0 Å². The van der Waals surface area contributed by atoms with Crippen molar-refractivity contribution >= 4 is 38.9 Å². The smallest absolute Gasteiger partial charge is 0.261 e. The summed E-state index contributed by atoms with van der Waals surface area (Å²) in [4.78, 5) is 0.0291. The maximum atomic E-state index is 12.1. The summed E-state index contributed by atoms with van der Waals surface area (Å²) in [5, 5.41) is 9.79. The summed E-state index contributed by atoms with van der Waals surface area (Å²) in [6, 6.07) is 9.57. The minimum atomic E-state index is -3.74. The summed E-state index contributed by atoms with van der Waals surface area (Å²) >= 11 is 11.6. The fourth-order valence-corrected chi connectivity index (χ4v) is 3.02. The van der Waals surface area contributed by atoms with Gasteiger partial charge < -0.3 is 5.11 Å². The van der Waals surface area contributed by atoms with Crippen LogP contribution in [0.4, 0.5) is 5.69 Å². The normalized spacial score (nSPS) is 11.3. The van der Waals surface area contributed by atoms with Gasteiger partial charge in [0.1, 0.15) is 5.75 Å². The van der Waals surface area contributed by atoms with Crippen molar-refractivity contribution in [1.29, 1.82) is 0 Å². The minimum Gasteiger partial charge on any atom is -0.508 e. The number of phenols is 1. The van der Waals surface area contributed by atoms with Crippen LogP contribution in [-0.4, -0.2) is 13.5 Å². The molecule has 0 saturated carbocycles. The van der Waals surface area contributed by atoms with Crippen LogP contribution >= 0.6 is 23.2 Å². The second-order valence-corrected chi connectivity index (χ2v) is 6.31. The van der Waals surface area contributed by atoms with Crippen LogP contribution in [0.2, 0.25) is 10.0 Å². The third kappa shape index (κ3) is 3.53. The first-order chi connectivity index (χ1) is 8.87. The molecule has 0 aliphatic rings. The van der Waals surface area contributed by atoms with E-state index in [-0.39, 0.29) is 16.3 Å². The van der Waals surface area contributed by atoms with E-state index < -0.39 is 10.0 Å². The summed E-state index contributed by atoms with van der Waals surface area (Å²) in [6.07, 6.45) is 0. The first kappa shape index (κ1) is 14.0. The topological polar surface area (TPSA) is 66.4 Å². The maximum absolute atomic E-state index is 12.1. The van der Waals surface area contributed by atoms with Gasteiger partial charge in [-0.05, 0) is 42.5 Å². The molecule has 0 fully saturated rings. The molecule has 2 N–H and O–H groups in total. The van der Waals surface area contributed by atoms with Crippen LogP contribution in [0.1, 0.15) is 0 Å². The van der Waals surface area contributed by atoms with E-state index in [1.807, 2.05) is 0 Å². The number of nitrogens with one attached hydrogen (secondary N) is 1. The zero-order valence-electron chi connectivity index (χ0n) is 9.47. The number of anilines is 1. The molecule has 2 aromatic carbocycles. The second-order valence-electron chi connectivity index (χ2n) is 3.76. The Bertz CT molecular complexity index is 679.